The predicted molar refractivity (Wildman–Crippen MR) is 90.7 cm³/mol. The number of nitrogens with zero attached hydrogens (tertiary/aromatic N) is 3. The summed E-state index contributed by atoms with van der Waals surface area (Å²) >= 11 is 5.85. The lowest BCUT2D eigenvalue weighted by Crippen LogP contribution is -2.51. The summed E-state index contributed by atoms with van der Waals surface area (Å²) in [5.41, 5.74) is -0.655. The van der Waals surface area contributed by atoms with Gasteiger partial charge < -0.3 is 15.3 Å². The van der Waals surface area contributed by atoms with Gasteiger partial charge in [0.2, 0.25) is 0 Å². The first-order valence-electron chi connectivity index (χ1n) is 7.50. The summed E-state index contributed by atoms with van der Waals surface area (Å²) in [5, 5.41) is 21.1. The molecule has 1 unspecified atom stereocenters. The second-order valence-electron chi connectivity index (χ2n) is 6.83. The van der Waals surface area contributed by atoms with E-state index in [4.69, 9.17) is 16.9 Å². The second-order valence-corrected chi connectivity index (χ2v) is 7.19. The number of nitrogens with one attached hydrogen (secondary N) is 1. The fourth-order valence-corrected chi connectivity index (χ4v) is 2.26. The fraction of sp³-hybridized carbons (Fsp3) is 0.562. The quantitative estimate of drug-likeness (QED) is 0.779. The molecule has 1 aromatic rings. The third-order valence-corrected chi connectivity index (χ3v) is 3.88. The van der Waals surface area contributed by atoms with Crippen molar-refractivity contribution in [2.45, 2.75) is 46.2 Å². The molecule has 0 bridgehead atoms. The molecule has 8 heteroatoms. The maximum atomic E-state index is 14.1. The number of carbonyl (C=O) groups is 1. The summed E-state index contributed by atoms with van der Waals surface area (Å²) in [6.07, 6.45) is -1.05. The van der Waals surface area contributed by atoms with Crippen LogP contribution in [0.25, 0.3) is 0 Å². The van der Waals surface area contributed by atoms with Gasteiger partial charge in [-0.3, -0.25) is 0 Å². The zero-order valence-corrected chi connectivity index (χ0v) is 15.1. The van der Waals surface area contributed by atoms with E-state index in [-0.39, 0.29) is 35.0 Å². The highest BCUT2D eigenvalue weighted by Gasteiger charge is 2.30. The lowest BCUT2D eigenvalue weighted by Gasteiger charge is -2.37. The number of halogens is 2. The van der Waals surface area contributed by atoms with Gasteiger partial charge in [-0.25, -0.2) is 14.2 Å². The molecule has 0 aliphatic carbocycles. The molecule has 0 radical (unpaired) electrons. The van der Waals surface area contributed by atoms with Gasteiger partial charge in [0.15, 0.2) is 11.6 Å². The first-order chi connectivity index (χ1) is 11.0. The number of hydrogen-bond acceptors (Lipinski definition) is 4. The molecular formula is C16H22ClFN4O2. The maximum Gasteiger partial charge on any atom is 0.407 e. The van der Waals surface area contributed by atoms with Crippen LogP contribution in [0.5, 0.6) is 0 Å². The molecule has 1 atom stereocenters. The van der Waals surface area contributed by atoms with Crippen molar-refractivity contribution in [3.63, 3.8) is 0 Å². The van der Waals surface area contributed by atoms with E-state index in [1.165, 1.54) is 4.90 Å². The van der Waals surface area contributed by atoms with Gasteiger partial charge in [0.25, 0.3) is 0 Å². The Kier molecular flexibility index (Phi) is 6.38. The number of hydrogen-bond donors (Lipinski definition) is 2. The number of nitriles is 1. The van der Waals surface area contributed by atoms with Crippen LogP contribution in [0, 0.1) is 23.1 Å². The molecule has 24 heavy (non-hydrogen) atoms. The summed E-state index contributed by atoms with van der Waals surface area (Å²) in [5.74, 6) is -0.805. The van der Waals surface area contributed by atoms with Crippen LogP contribution in [0.2, 0.25) is 5.15 Å². The number of carboxylic acid groups (broad SMARTS) is 1. The Bertz CT molecular complexity index is 653. The minimum atomic E-state index is -1.05. The van der Waals surface area contributed by atoms with Gasteiger partial charge in [0.1, 0.15) is 11.2 Å². The SMILES string of the molecule is CC(C)C(CN(C(=O)O)C(C)(C)C)Nc1nc(Cl)c(C#N)cc1F. The lowest BCUT2D eigenvalue weighted by atomic mass is 10.00. The molecule has 2 N–H and O–H groups in total. The summed E-state index contributed by atoms with van der Waals surface area (Å²) in [4.78, 5) is 16.7. The molecule has 1 amide bonds. The Morgan fingerprint density at radius 3 is 2.54 bits per heavy atom. The van der Waals surface area contributed by atoms with E-state index in [0.29, 0.717) is 0 Å². The second kappa shape index (κ2) is 7.67. The van der Waals surface area contributed by atoms with Crippen LogP contribution in [-0.2, 0) is 0 Å². The highest BCUT2D eigenvalue weighted by Crippen LogP contribution is 2.23. The standard InChI is InChI=1S/C16H22ClFN4O2/c1-9(2)12(8-22(15(23)24)16(3,4)5)20-14-11(18)6-10(7-19)13(17)21-14/h6,9,12H,8H2,1-5H3,(H,20,21)(H,23,24). The third kappa shape index (κ3) is 4.96. The highest BCUT2D eigenvalue weighted by molar-refractivity contribution is 6.30. The van der Waals surface area contributed by atoms with E-state index in [2.05, 4.69) is 10.3 Å². The maximum absolute atomic E-state index is 14.1. The average Bonchev–Trinajstić information content (AvgIpc) is 2.44. The molecule has 6 nitrogen and oxygen atoms in total. The minimum Gasteiger partial charge on any atom is -0.465 e. The Morgan fingerprint density at radius 1 is 1.54 bits per heavy atom. The topological polar surface area (TPSA) is 89.2 Å². The van der Waals surface area contributed by atoms with Gasteiger partial charge in [-0.2, -0.15) is 5.26 Å². The summed E-state index contributed by atoms with van der Waals surface area (Å²) in [7, 11) is 0. The zero-order chi connectivity index (χ0) is 18.7. The average molecular weight is 357 g/mol. The van der Waals surface area contributed by atoms with Crippen molar-refractivity contribution in [1.29, 1.82) is 5.26 Å². The van der Waals surface area contributed by atoms with E-state index in [1.54, 1.807) is 26.8 Å². The number of pyridine rings is 1. The van der Waals surface area contributed by atoms with Crippen molar-refractivity contribution in [3.8, 4) is 6.07 Å². The van der Waals surface area contributed by atoms with E-state index in [9.17, 15) is 14.3 Å². The molecule has 132 valence electrons. The van der Waals surface area contributed by atoms with E-state index >= 15 is 0 Å². The van der Waals surface area contributed by atoms with Crippen LogP contribution in [0.1, 0.15) is 40.2 Å². The fourth-order valence-electron chi connectivity index (χ4n) is 2.08. The normalized spacial score (nSPS) is 12.6. The molecule has 0 fully saturated rings. The lowest BCUT2D eigenvalue weighted by molar-refractivity contribution is 0.0942. The monoisotopic (exact) mass is 356 g/mol. The summed E-state index contributed by atoms with van der Waals surface area (Å²) in [6, 6.07) is 2.38. The van der Waals surface area contributed by atoms with Crippen molar-refractivity contribution in [2.75, 3.05) is 11.9 Å². The highest BCUT2D eigenvalue weighted by atomic mass is 35.5. The molecule has 0 saturated carbocycles. The number of rotatable bonds is 5. The minimum absolute atomic E-state index is 0.00446. The third-order valence-electron chi connectivity index (χ3n) is 3.60. The molecule has 0 aliphatic rings. The van der Waals surface area contributed by atoms with Crippen LogP contribution in [-0.4, -0.2) is 39.2 Å². The molecule has 1 heterocycles. The first-order valence-corrected chi connectivity index (χ1v) is 7.88. The Hall–Kier alpha value is -2.07. The molecule has 0 spiro atoms. The van der Waals surface area contributed by atoms with Crippen LogP contribution >= 0.6 is 11.6 Å². The van der Waals surface area contributed by atoms with Crippen LogP contribution in [0.15, 0.2) is 6.07 Å². The number of aromatic nitrogens is 1. The van der Waals surface area contributed by atoms with Gasteiger partial charge in [-0.05, 0) is 32.8 Å². The van der Waals surface area contributed by atoms with E-state index < -0.39 is 17.4 Å². The van der Waals surface area contributed by atoms with Gasteiger partial charge in [0, 0.05) is 18.1 Å². The molecule has 1 aromatic heterocycles. The molecule has 0 aromatic carbocycles. The van der Waals surface area contributed by atoms with Crippen molar-refractivity contribution >= 4 is 23.5 Å². The van der Waals surface area contributed by atoms with Crippen molar-refractivity contribution in [3.05, 3.63) is 22.6 Å². The Morgan fingerprint density at radius 2 is 2.12 bits per heavy atom. The van der Waals surface area contributed by atoms with Crippen molar-refractivity contribution in [1.82, 2.24) is 9.88 Å². The molecule has 0 saturated heterocycles. The van der Waals surface area contributed by atoms with Gasteiger partial charge in [-0.1, -0.05) is 25.4 Å². The molecule has 0 aliphatic heterocycles. The van der Waals surface area contributed by atoms with E-state index in [0.717, 1.165) is 6.07 Å². The van der Waals surface area contributed by atoms with Crippen molar-refractivity contribution in [2.24, 2.45) is 5.92 Å². The molecular weight excluding hydrogens is 335 g/mol. The number of amides is 1. The van der Waals surface area contributed by atoms with Crippen LogP contribution in [0.3, 0.4) is 0 Å². The van der Waals surface area contributed by atoms with E-state index in [1.807, 2.05) is 13.8 Å². The van der Waals surface area contributed by atoms with Crippen LogP contribution in [0.4, 0.5) is 15.0 Å². The van der Waals surface area contributed by atoms with Gasteiger partial charge in [-0.15, -0.1) is 0 Å². The van der Waals surface area contributed by atoms with Gasteiger partial charge >= 0.3 is 6.09 Å². The van der Waals surface area contributed by atoms with Gasteiger partial charge in [0.05, 0.1) is 5.56 Å². The summed E-state index contributed by atoms with van der Waals surface area (Å²) in [6.45, 7) is 9.30. The first kappa shape index (κ1) is 20.0. The smallest absolute Gasteiger partial charge is 0.407 e. The van der Waals surface area contributed by atoms with Crippen molar-refractivity contribution < 1.29 is 14.3 Å². The Labute approximate surface area is 146 Å². The largest absolute Gasteiger partial charge is 0.465 e. The zero-order valence-electron chi connectivity index (χ0n) is 14.4. The molecule has 1 rings (SSSR count). The Balaban J connectivity index is 3.09. The number of anilines is 1. The summed E-state index contributed by atoms with van der Waals surface area (Å²) < 4.78 is 14.1. The predicted octanol–water partition coefficient (Wildman–Crippen LogP) is 3.96. The van der Waals surface area contributed by atoms with Crippen LogP contribution < -0.4 is 5.32 Å².